The molecule has 0 unspecified atom stereocenters. The van der Waals surface area contributed by atoms with Crippen molar-refractivity contribution in [2.45, 2.75) is 22.5 Å². The van der Waals surface area contributed by atoms with Gasteiger partial charge in [-0.2, -0.15) is 13.2 Å². The van der Waals surface area contributed by atoms with Gasteiger partial charge in [-0.15, -0.1) is 0 Å². The molecule has 0 saturated carbocycles. The highest BCUT2D eigenvalue weighted by molar-refractivity contribution is 7.99. The van der Waals surface area contributed by atoms with Crippen LogP contribution in [0.1, 0.15) is 11.1 Å². The lowest BCUT2D eigenvalue weighted by molar-refractivity contribution is -0.137. The Morgan fingerprint density at radius 2 is 1.71 bits per heavy atom. The van der Waals surface area contributed by atoms with Gasteiger partial charge in [0.05, 0.1) is 5.56 Å². The van der Waals surface area contributed by atoms with Gasteiger partial charge in [0.2, 0.25) is 0 Å². The summed E-state index contributed by atoms with van der Waals surface area (Å²) >= 11 is 1.36. The van der Waals surface area contributed by atoms with Crippen molar-refractivity contribution < 1.29 is 13.2 Å². The molecule has 0 saturated heterocycles. The average molecular weight is 311 g/mol. The van der Waals surface area contributed by atoms with E-state index in [0.29, 0.717) is 4.90 Å². The molecule has 0 heterocycles. The highest BCUT2D eigenvalue weighted by Crippen LogP contribution is 2.35. The maximum atomic E-state index is 12.7. The minimum atomic E-state index is -4.31. The van der Waals surface area contributed by atoms with Crippen LogP contribution >= 0.6 is 11.8 Å². The van der Waals surface area contributed by atoms with E-state index >= 15 is 0 Å². The Kier molecular flexibility index (Phi) is 4.96. The van der Waals surface area contributed by atoms with Crippen molar-refractivity contribution in [1.29, 1.82) is 0 Å². The van der Waals surface area contributed by atoms with E-state index in [4.69, 9.17) is 0 Å². The van der Waals surface area contributed by atoms with Crippen molar-refractivity contribution in [2.75, 3.05) is 14.1 Å². The molecule has 0 atom stereocenters. The van der Waals surface area contributed by atoms with Gasteiger partial charge in [0.25, 0.3) is 0 Å². The van der Waals surface area contributed by atoms with Crippen LogP contribution in [0.15, 0.2) is 58.3 Å². The van der Waals surface area contributed by atoms with Gasteiger partial charge < -0.3 is 4.90 Å². The van der Waals surface area contributed by atoms with E-state index < -0.39 is 11.7 Å². The normalized spacial score (nSPS) is 11.9. The van der Waals surface area contributed by atoms with E-state index in [9.17, 15) is 13.2 Å². The van der Waals surface area contributed by atoms with Crippen molar-refractivity contribution in [1.82, 2.24) is 4.90 Å². The summed E-state index contributed by atoms with van der Waals surface area (Å²) in [6.07, 6.45) is -4.31. The van der Waals surface area contributed by atoms with Crippen molar-refractivity contribution in [3.8, 4) is 0 Å². The number of rotatable bonds is 4. The monoisotopic (exact) mass is 311 g/mol. The molecule has 0 aromatic heterocycles. The van der Waals surface area contributed by atoms with Crippen molar-refractivity contribution in [3.05, 3.63) is 59.7 Å². The van der Waals surface area contributed by atoms with Gasteiger partial charge in [0.15, 0.2) is 0 Å². The summed E-state index contributed by atoms with van der Waals surface area (Å²) in [6, 6.07) is 13.2. The smallest absolute Gasteiger partial charge is 0.305 e. The Hall–Kier alpha value is -1.46. The zero-order chi connectivity index (χ0) is 15.5. The third kappa shape index (κ3) is 4.51. The Morgan fingerprint density at radius 3 is 2.38 bits per heavy atom. The van der Waals surface area contributed by atoms with Gasteiger partial charge >= 0.3 is 6.18 Å². The number of nitrogens with zero attached hydrogens (tertiary/aromatic N) is 1. The summed E-state index contributed by atoms with van der Waals surface area (Å²) in [5.41, 5.74) is 0.488. The Morgan fingerprint density at radius 1 is 1.00 bits per heavy atom. The minimum Gasteiger partial charge on any atom is -0.305 e. The number of hydrogen-bond donors (Lipinski definition) is 0. The molecule has 0 N–H and O–H groups in total. The maximum absolute atomic E-state index is 12.7. The van der Waals surface area contributed by atoms with Crippen LogP contribution < -0.4 is 0 Å². The summed E-state index contributed by atoms with van der Waals surface area (Å²) in [5, 5.41) is 0. The van der Waals surface area contributed by atoms with Crippen LogP contribution in [-0.4, -0.2) is 19.0 Å². The molecule has 2 aromatic carbocycles. The Bertz CT molecular complexity index is 608. The third-order valence-electron chi connectivity index (χ3n) is 2.85. The van der Waals surface area contributed by atoms with Gasteiger partial charge in [-0.1, -0.05) is 36.0 Å². The third-order valence-corrected chi connectivity index (χ3v) is 3.96. The molecule has 0 amide bonds. The van der Waals surface area contributed by atoms with Gasteiger partial charge in [-0.05, 0) is 43.9 Å². The first kappa shape index (κ1) is 15.9. The minimum absolute atomic E-state index is 0.594. The highest BCUT2D eigenvalue weighted by Gasteiger charge is 2.30. The van der Waals surface area contributed by atoms with Crippen LogP contribution in [0.3, 0.4) is 0 Å². The molecule has 0 aliphatic heterocycles. The summed E-state index contributed by atoms with van der Waals surface area (Å²) in [7, 11) is 3.93. The highest BCUT2D eigenvalue weighted by atomic mass is 32.2. The van der Waals surface area contributed by atoms with Gasteiger partial charge in [0.1, 0.15) is 0 Å². The number of benzene rings is 2. The molecule has 0 radical (unpaired) electrons. The van der Waals surface area contributed by atoms with Crippen molar-refractivity contribution in [3.63, 3.8) is 0 Å². The largest absolute Gasteiger partial charge is 0.416 e. The Balaban J connectivity index is 2.26. The lowest BCUT2D eigenvalue weighted by Gasteiger charge is -2.14. The fourth-order valence-corrected chi connectivity index (χ4v) is 2.93. The second kappa shape index (κ2) is 6.54. The second-order valence-corrected chi connectivity index (χ2v) is 6.09. The molecule has 112 valence electrons. The zero-order valence-electron chi connectivity index (χ0n) is 11.8. The molecule has 2 aromatic rings. The average Bonchev–Trinajstić information content (AvgIpc) is 2.40. The van der Waals surface area contributed by atoms with Crippen LogP contribution in [0.25, 0.3) is 0 Å². The van der Waals surface area contributed by atoms with Crippen molar-refractivity contribution >= 4 is 11.8 Å². The van der Waals surface area contributed by atoms with Crippen LogP contribution in [-0.2, 0) is 12.7 Å². The van der Waals surface area contributed by atoms with E-state index in [1.165, 1.54) is 23.9 Å². The molecule has 0 aliphatic rings. The standard InChI is InChI=1S/C16H16F3NS/c1-20(2)11-12-6-3-4-9-15(12)21-14-8-5-7-13(10-14)16(17,18)19/h3-10H,11H2,1-2H3. The number of hydrogen-bond acceptors (Lipinski definition) is 2. The van der Waals surface area contributed by atoms with Gasteiger partial charge in [-0.3, -0.25) is 0 Å². The molecule has 0 aliphatic carbocycles. The van der Waals surface area contributed by atoms with E-state index in [1.807, 2.05) is 43.3 Å². The van der Waals surface area contributed by atoms with Gasteiger partial charge in [-0.25, -0.2) is 0 Å². The molecule has 1 nitrogen and oxygen atoms in total. The predicted molar refractivity (Wildman–Crippen MR) is 79.4 cm³/mol. The van der Waals surface area contributed by atoms with Crippen molar-refractivity contribution in [2.24, 2.45) is 0 Å². The lowest BCUT2D eigenvalue weighted by Crippen LogP contribution is -2.11. The molecule has 2 rings (SSSR count). The molecule has 0 spiro atoms. The summed E-state index contributed by atoms with van der Waals surface area (Å²) < 4.78 is 38.2. The first-order valence-electron chi connectivity index (χ1n) is 6.44. The summed E-state index contributed by atoms with van der Waals surface area (Å²) in [5.74, 6) is 0. The van der Waals surface area contributed by atoms with Crippen LogP contribution in [0.4, 0.5) is 13.2 Å². The summed E-state index contributed by atoms with van der Waals surface area (Å²) in [6.45, 7) is 0.752. The van der Waals surface area contributed by atoms with Gasteiger partial charge in [0, 0.05) is 16.3 Å². The first-order chi connectivity index (χ1) is 9.86. The Labute approximate surface area is 126 Å². The molecule has 0 fully saturated rings. The van der Waals surface area contributed by atoms with E-state index in [1.54, 1.807) is 6.07 Å². The molecular weight excluding hydrogens is 295 g/mol. The van der Waals surface area contributed by atoms with E-state index in [2.05, 4.69) is 0 Å². The number of halogens is 3. The van der Waals surface area contributed by atoms with Crippen LogP contribution in [0.2, 0.25) is 0 Å². The molecule has 0 bridgehead atoms. The molecule has 5 heteroatoms. The van der Waals surface area contributed by atoms with Crippen LogP contribution in [0, 0.1) is 0 Å². The molecule has 21 heavy (non-hydrogen) atoms. The predicted octanol–water partition coefficient (Wildman–Crippen LogP) is 4.92. The first-order valence-corrected chi connectivity index (χ1v) is 7.25. The molecular formula is C16H16F3NS. The topological polar surface area (TPSA) is 3.24 Å². The van der Waals surface area contributed by atoms with E-state index in [-0.39, 0.29) is 0 Å². The SMILES string of the molecule is CN(C)Cc1ccccc1Sc1cccc(C(F)(F)F)c1. The fraction of sp³-hybridized carbons (Fsp3) is 0.250. The van der Waals surface area contributed by atoms with E-state index in [0.717, 1.165) is 23.1 Å². The lowest BCUT2D eigenvalue weighted by atomic mass is 10.2. The zero-order valence-corrected chi connectivity index (χ0v) is 12.6. The maximum Gasteiger partial charge on any atom is 0.416 e. The van der Waals surface area contributed by atoms with Crippen LogP contribution in [0.5, 0.6) is 0 Å². The number of alkyl halides is 3. The second-order valence-electron chi connectivity index (χ2n) is 4.97. The quantitative estimate of drug-likeness (QED) is 0.788. The summed E-state index contributed by atoms with van der Waals surface area (Å²) in [4.78, 5) is 3.60. The fourth-order valence-electron chi connectivity index (χ4n) is 1.94.